The number of rotatable bonds is 7. The summed E-state index contributed by atoms with van der Waals surface area (Å²) in [4.78, 5) is 17.0. The third-order valence-electron chi connectivity index (χ3n) is 6.41. The average molecular weight is 521 g/mol. The minimum atomic E-state index is -0.480. The molecule has 2 heterocycles. The van der Waals surface area contributed by atoms with E-state index < -0.39 is 5.82 Å². The molecular weight excluding hydrogens is 491 g/mol. The number of ether oxygens (including phenoxy) is 1. The highest BCUT2D eigenvalue weighted by Crippen LogP contribution is 2.31. The van der Waals surface area contributed by atoms with Crippen LogP contribution < -0.4 is 10.1 Å². The van der Waals surface area contributed by atoms with E-state index in [4.69, 9.17) is 22.9 Å². The Labute approximate surface area is 222 Å². The molecule has 0 bridgehead atoms. The summed E-state index contributed by atoms with van der Waals surface area (Å²) < 4.78 is 19.5. The number of nitrogens with one attached hydrogen (secondary N) is 1. The van der Waals surface area contributed by atoms with Crippen molar-refractivity contribution in [2.24, 2.45) is 0 Å². The second kappa shape index (κ2) is 11.7. The van der Waals surface area contributed by atoms with E-state index in [1.54, 1.807) is 6.07 Å². The van der Waals surface area contributed by atoms with Crippen molar-refractivity contribution in [2.45, 2.75) is 26.3 Å². The highest BCUT2D eigenvalue weighted by molar-refractivity contribution is 6.31. The van der Waals surface area contributed by atoms with Gasteiger partial charge in [0.2, 0.25) is 6.54 Å². The quantitative estimate of drug-likeness (QED) is 0.340. The third kappa shape index (κ3) is 6.47. The van der Waals surface area contributed by atoms with E-state index in [0.717, 1.165) is 43.7 Å². The van der Waals surface area contributed by atoms with Crippen LogP contribution in [0.2, 0.25) is 5.02 Å². The van der Waals surface area contributed by atoms with E-state index in [-0.39, 0.29) is 10.6 Å². The Kier molecular flexibility index (Phi) is 8.45. The Balaban J connectivity index is 1.63. The zero-order valence-electron chi connectivity index (χ0n) is 21.3. The van der Waals surface area contributed by atoms with Crippen LogP contribution >= 0.6 is 11.6 Å². The number of anilines is 2. The minimum absolute atomic E-state index is 0.0306. The first-order chi connectivity index (χ1) is 17.8. The van der Waals surface area contributed by atoms with Crippen molar-refractivity contribution in [3.8, 4) is 17.6 Å². The fourth-order valence-corrected chi connectivity index (χ4v) is 4.47. The zero-order chi connectivity index (χ0) is 26.4. The minimum Gasteiger partial charge on any atom is -0.492 e. The topological polar surface area (TPSA) is 57.9 Å². The average Bonchev–Trinajstić information content (AvgIpc) is 2.89. The fourth-order valence-electron chi connectivity index (χ4n) is 4.29. The lowest BCUT2D eigenvalue weighted by atomic mass is 10.0. The molecule has 1 N–H and O–H groups in total. The van der Waals surface area contributed by atoms with Crippen LogP contribution in [0.3, 0.4) is 0 Å². The van der Waals surface area contributed by atoms with Crippen LogP contribution in [0.5, 0.6) is 5.75 Å². The van der Waals surface area contributed by atoms with Gasteiger partial charge in [0.15, 0.2) is 0 Å². The molecule has 2 aromatic carbocycles. The van der Waals surface area contributed by atoms with Gasteiger partial charge < -0.3 is 14.9 Å². The van der Waals surface area contributed by atoms with Gasteiger partial charge in [0.25, 0.3) is 0 Å². The predicted molar refractivity (Wildman–Crippen MR) is 146 cm³/mol. The van der Waals surface area contributed by atoms with Gasteiger partial charge in [-0.15, -0.1) is 0 Å². The summed E-state index contributed by atoms with van der Waals surface area (Å²) >= 11 is 5.96. The van der Waals surface area contributed by atoms with Gasteiger partial charge >= 0.3 is 0 Å². The van der Waals surface area contributed by atoms with Crippen molar-refractivity contribution in [1.82, 2.24) is 19.8 Å². The number of benzene rings is 2. The Morgan fingerprint density at radius 3 is 2.68 bits per heavy atom. The first kappa shape index (κ1) is 26.6. The number of hydrogen-bond acceptors (Lipinski definition) is 6. The first-order valence-corrected chi connectivity index (χ1v) is 12.7. The maximum Gasteiger partial charge on any atom is 0.227 e. The molecule has 0 radical (unpaired) electrons. The van der Waals surface area contributed by atoms with Crippen LogP contribution in [0.4, 0.5) is 15.9 Å². The zero-order valence-corrected chi connectivity index (χ0v) is 22.1. The molecule has 0 aliphatic carbocycles. The largest absolute Gasteiger partial charge is 0.492 e. The van der Waals surface area contributed by atoms with Crippen LogP contribution in [0, 0.1) is 24.2 Å². The number of aromatic nitrogens is 2. The highest BCUT2D eigenvalue weighted by Gasteiger charge is 2.28. The maximum atomic E-state index is 13.6. The lowest BCUT2D eigenvalue weighted by Crippen LogP contribution is -2.54. The van der Waals surface area contributed by atoms with Crippen molar-refractivity contribution < 1.29 is 9.13 Å². The molecule has 0 amide bonds. The monoisotopic (exact) mass is 520 g/mol. The van der Waals surface area contributed by atoms with Crippen LogP contribution in [0.25, 0.3) is 15.7 Å². The van der Waals surface area contributed by atoms with Gasteiger partial charge in [0, 0.05) is 43.3 Å². The Hall–Kier alpha value is -3.43. The van der Waals surface area contributed by atoms with E-state index >= 15 is 0 Å². The summed E-state index contributed by atoms with van der Waals surface area (Å²) in [6.45, 7) is 18.7. The molecule has 9 heteroatoms. The lowest BCUT2D eigenvalue weighted by molar-refractivity contribution is 0.0837. The Morgan fingerprint density at radius 1 is 1.19 bits per heavy atom. The van der Waals surface area contributed by atoms with E-state index in [2.05, 4.69) is 55.6 Å². The molecule has 0 unspecified atom stereocenters. The van der Waals surface area contributed by atoms with E-state index in [1.165, 1.54) is 18.5 Å². The Morgan fingerprint density at radius 2 is 1.97 bits per heavy atom. The number of halogens is 2. The van der Waals surface area contributed by atoms with Gasteiger partial charge in [-0.05, 0) is 45.0 Å². The number of hydrogen-bond donors (Lipinski definition) is 1. The number of piperazine rings is 1. The molecule has 192 valence electrons. The van der Waals surface area contributed by atoms with E-state index in [1.807, 2.05) is 19.1 Å². The van der Waals surface area contributed by atoms with Crippen LogP contribution in [0.15, 0.2) is 36.7 Å². The molecule has 4 rings (SSSR count). The molecule has 0 atom stereocenters. The SMILES string of the molecule is [C-]#[N+]CCN1CCN(C(C)(C)C#Cc2cc3c(Nc4ccc(F)c(Cl)c4)ncnc3cc2OCC)CC1. The lowest BCUT2D eigenvalue weighted by Gasteiger charge is -2.41. The van der Waals surface area contributed by atoms with Gasteiger partial charge in [0.1, 0.15) is 23.7 Å². The van der Waals surface area contributed by atoms with Gasteiger partial charge in [-0.25, -0.2) is 20.9 Å². The molecule has 0 spiro atoms. The summed E-state index contributed by atoms with van der Waals surface area (Å²) in [6, 6.07) is 8.24. The summed E-state index contributed by atoms with van der Waals surface area (Å²) in [5.74, 6) is 7.56. The second-order valence-electron chi connectivity index (χ2n) is 9.29. The first-order valence-electron chi connectivity index (χ1n) is 12.3. The molecule has 3 aromatic rings. The van der Waals surface area contributed by atoms with Gasteiger partial charge in [0.05, 0.1) is 34.8 Å². The summed E-state index contributed by atoms with van der Waals surface area (Å²) in [6.07, 6.45) is 1.47. The van der Waals surface area contributed by atoms with Crippen molar-refractivity contribution in [3.63, 3.8) is 0 Å². The number of nitrogens with zero attached hydrogens (tertiary/aromatic N) is 5. The third-order valence-corrected chi connectivity index (χ3v) is 6.70. The molecule has 1 aromatic heterocycles. The van der Waals surface area contributed by atoms with Crippen molar-refractivity contribution >= 4 is 34.0 Å². The highest BCUT2D eigenvalue weighted by atomic mass is 35.5. The van der Waals surface area contributed by atoms with E-state index in [9.17, 15) is 4.39 Å². The molecule has 0 saturated carbocycles. The van der Waals surface area contributed by atoms with Crippen molar-refractivity contribution in [2.75, 3.05) is 51.2 Å². The molecule has 1 saturated heterocycles. The number of fused-ring (bicyclic) bond motifs is 1. The summed E-state index contributed by atoms with van der Waals surface area (Å²) in [5, 5.41) is 4.01. The molecule has 37 heavy (non-hydrogen) atoms. The van der Waals surface area contributed by atoms with Crippen LogP contribution in [-0.4, -0.2) is 71.2 Å². The molecular formula is C28H30ClFN6O. The van der Waals surface area contributed by atoms with Crippen LogP contribution in [0.1, 0.15) is 26.3 Å². The standard InChI is InChI=1S/C28H30ClFN6O/c1-5-37-26-18-25-22(27(33-19-32-25)34-21-6-7-24(30)23(29)17-21)16-20(26)8-9-28(2,3)36-14-12-35(13-15-36)11-10-31-4/h6-7,16-19H,5,10-15H2,1-3H3,(H,32,33,34). The predicted octanol–water partition coefficient (Wildman–Crippen LogP) is 5.23. The van der Waals surface area contributed by atoms with E-state index in [0.29, 0.717) is 35.9 Å². The maximum absolute atomic E-state index is 13.6. The van der Waals surface area contributed by atoms with Gasteiger partial charge in [-0.2, -0.15) is 0 Å². The van der Waals surface area contributed by atoms with Crippen molar-refractivity contribution in [1.29, 1.82) is 0 Å². The summed E-state index contributed by atoms with van der Waals surface area (Å²) in [7, 11) is 0. The summed E-state index contributed by atoms with van der Waals surface area (Å²) in [5.41, 5.74) is 1.72. The molecule has 1 fully saturated rings. The normalized spacial score (nSPS) is 14.6. The Bertz CT molecular complexity index is 1370. The molecule has 1 aliphatic heterocycles. The van der Waals surface area contributed by atoms with Crippen LogP contribution in [-0.2, 0) is 0 Å². The molecule has 1 aliphatic rings. The van der Waals surface area contributed by atoms with Gasteiger partial charge in [-0.1, -0.05) is 23.4 Å². The fraction of sp³-hybridized carbons (Fsp3) is 0.393. The smallest absolute Gasteiger partial charge is 0.227 e. The van der Waals surface area contributed by atoms with Crippen molar-refractivity contribution in [3.05, 3.63) is 64.5 Å². The van der Waals surface area contributed by atoms with Gasteiger partial charge in [-0.3, -0.25) is 9.80 Å². The second-order valence-corrected chi connectivity index (χ2v) is 9.70. The molecule has 7 nitrogen and oxygen atoms in total.